The van der Waals surface area contributed by atoms with Crippen LogP contribution in [-0.2, 0) is 0 Å². The van der Waals surface area contributed by atoms with Crippen molar-refractivity contribution in [3.63, 3.8) is 0 Å². The first-order valence-electron chi connectivity index (χ1n) is 6.74. The minimum atomic E-state index is -0.871. The van der Waals surface area contributed by atoms with Crippen molar-refractivity contribution < 1.29 is 14.6 Å². The van der Waals surface area contributed by atoms with Crippen molar-refractivity contribution in [2.24, 2.45) is 0 Å². The van der Waals surface area contributed by atoms with Crippen LogP contribution < -0.4 is 26.0 Å². The molecule has 0 aliphatic carbocycles. The number of fused-ring (bicyclic) bond motifs is 1. The van der Waals surface area contributed by atoms with Crippen molar-refractivity contribution in [1.29, 1.82) is 0 Å². The number of nitrogens with zero attached hydrogens (tertiary/aromatic N) is 1. The van der Waals surface area contributed by atoms with Gasteiger partial charge in [-0.3, -0.25) is 10.1 Å². The molecule has 120 valence electrons. The summed E-state index contributed by atoms with van der Waals surface area (Å²) in [4.78, 5) is 27.5. The van der Waals surface area contributed by atoms with E-state index in [1.54, 1.807) is 19.1 Å². The maximum atomic E-state index is 12.7. The molecule has 0 aliphatic heterocycles. The van der Waals surface area contributed by atoms with Crippen LogP contribution in [0.1, 0.15) is 20.0 Å². The van der Waals surface area contributed by atoms with Gasteiger partial charge in [0.25, 0.3) is 5.56 Å². The monoisotopic (exact) mass is 309 g/mol. The Kier molecular flexibility index (Phi) is 4.53. The van der Waals surface area contributed by atoms with Gasteiger partial charge in [-0.05, 0) is 26.0 Å². The summed E-state index contributed by atoms with van der Waals surface area (Å²) < 4.78 is 11.4. The van der Waals surface area contributed by atoms with Crippen LogP contribution in [0, 0.1) is 0 Å². The fraction of sp³-hybridized carbons (Fsp3) is 0.429. The van der Waals surface area contributed by atoms with Gasteiger partial charge in [0.15, 0.2) is 11.5 Å². The van der Waals surface area contributed by atoms with Crippen LogP contribution in [0.2, 0.25) is 0 Å². The summed E-state index contributed by atoms with van der Waals surface area (Å²) in [5.41, 5.74) is -0.756. The lowest BCUT2D eigenvalue weighted by molar-refractivity contribution is 0.127. The van der Waals surface area contributed by atoms with Crippen molar-refractivity contribution in [3.05, 3.63) is 33.0 Å². The van der Waals surface area contributed by atoms with E-state index in [-0.39, 0.29) is 11.1 Å². The number of methoxy groups -OCH3 is 2. The zero-order chi connectivity index (χ0) is 16.4. The highest BCUT2D eigenvalue weighted by molar-refractivity contribution is 5.87. The zero-order valence-electron chi connectivity index (χ0n) is 12.8. The Morgan fingerprint density at radius 2 is 1.91 bits per heavy atom. The third-order valence-corrected chi connectivity index (χ3v) is 3.31. The van der Waals surface area contributed by atoms with Crippen molar-refractivity contribution in [1.82, 2.24) is 14.9 Å². The van der Waals surface area contributed by atoms with E-state index in [1.807, 2.05) is 0 Å². The van der Waals surface area contributed by atoms with E-state index in [4.69, 9.17) is 9.47 Å². The summed E-state index contributed by atoms with van der Waals surface area (Å²) in [6.07, 6.45) is -1.57. The number of hydrogen-bond donors (Lipinski definition) is 3. The molecule has 8 nitrogen and oxygen atoms in total. The molecule has 0 amide bonds. The normalized spacial score (nSPS) is 13.9. The minimum absolute atomic E-state index is 0.209. The summed E-state index contributed by atoms with van der Waals surface area (Å²) in [5.74, 6) is 0.640. The van der Waals surface area contributed by atoms with Gasteiger partial charge < -0.3 is 19.6 Å². The predicted molar refractivity (Wildman–Crippen MR) is 81.5 cm³/mol. The van der Waals surface area contributed by atoms with E-state index in [0.29, 0.717) is 11.3 Å². The predicted octanol–water partition coefficient (Wildman–Crippen LogP) is 0.153. The highest BCUT2D eigenvalue weighted by Gasteiger charge is 2.19. The molecule has 0 spiro atoms. The molecular formula is C14H19N3O5. The van der Waals surface area contributed by atoms with Gasteiger partial charge >= 0.3 is 5.69 Å². The van der Waals surface area contributed by atoms with E-state index in [9.17, 15) is 14.7 Å². The second-order valence-corrected chi connectivity index (χ2v) is 4.85. The van der Waals surface area contributed by atoms with Gasteiger partial charge in [0.2, 0.25) is 0 Å². The first-order valence-corrected chi connectivity index (χ1v) is 6.74. The molecule has 0 fully saturated rings. The lowest BCUT2D eigenvalue weighted by Crippen LogP contribution is -2.44. The van der Waals surface area contributed by atoms with Gasteiger partial charge in [-0.25, -0.2) is 9.36 Å². The number of rotatable bonds is 5. The van der Waals surface area contributed by atoms with E-state index in [0.717, 1.165) is 4.57 Å². The number of benzene rings is 1. The molecule has 0 radical (unpaired) electrons. The summed E-state index contributed by atoms with van der Waals surface area (Å²) in [6, 6.07) is 3.19. The van der Waals surface area contributed by atoms with Crippen molar-refractivity contribution >= 4 is 10.9 Å². The first-order chi connectivity index (χ1) is 10.4. The number of aromatic amines is 1. The molecule has 22 heavy (non-hydrogen) atoms. The van der Waals surface area contributed by atoms with Crippen LogP contribution >= 0.6 is 0 Å². The zero-order valence-corrected chi connectivity index (χ0v) is 12.8. The fourth-order valence-corrected chi connectivity index (χ4v) is 2.41. The van der Waals surface area contributed by atoms with Gasteiger partial charge in [-0.1, -0.05) is 0 Å². The molecule has 2 aromatic rings. The first kappa shape index (κ1) is 16.1. The Morgan fingerprint density at radius 3 is 2.45 bits per heavy atom. The van der Waals surface area contributed by atoms with Gasteiger partial charge in [0.05, 0.1) is 25.9 Å². The Hall–Kier alpha value is -2.32. The molecule has 2 atom stereocenters. The largest absolute Gasteiger partial charge is 0.493 e. The number of aliphatic hydroxyl groups is 1. The van der Waals surface area contributed by atoms with E-state index >= 15 is 0 Å². The average molecular weight is 309 g/mol. The standard InChI is InChI=1S/C14H19N3O5/c1-7(15-8(2)18)17-13(19)11-9(16-14(17)20)5-6-10(21-3)12(11)22-4/h5-8,15,18H,1-4H3,(H,16,20). The van der Waals surface area contributed by atoms with E-state index in [2.05, 4.69) is 10.3 Å². The molecule has 0 saturated heterocycles. The molecule has 0 aliphatic rings. The van der Waals surface area contributed by atoms with Gasteiger partial charge in [-0.15, -0.1) is 0 Å². The SMILES string of the molecule is COc1ccc2[nH]c(=O)n(C(C)NC(C)O)c(=O)c2c1OC. The van der Waals surface area contributed by atoms with Crippen LogP contribution in [0.4, 0.5) is 0 Å². The highest BCUT2D eigenvalue weighted by Crippen LogP contribution is 2.32. The van der Waals surface area contributed by atoms with E-state index < -0.39 is 23.6 Å². The summed E-state index contributed by atoms with van der Waals surface area (Å²) in [7, 11) is 2.88. The number of aliphatic hydroxyl groups excluding tert-OH is 1. The quantitative estimate of drug-likeness (QED) is 0.679. The number of H-pyrrole nitrogens is 1. The van der Waals surface area contributed by atoms with Crippen molar-refractivity contribution in [3.8, 4) is 11.5 Å². The topological polar surface area (TPSA) is 106 Å². The summed E-state index contributed by atoms with van der Waals surface area (Å²) in [6.45, 7) is 3.10. The third kappa shape index (κ3) is 2.70. The minimum Gasteiger partial charge on any atom is -0.493 e. The Morgan fingerprint density at radius 1 is 1.23 bits per heavy atom. The average Bonchev–Trinajstić information content (AvgIpc) is 2.45. The molecule has 1 heterocycles. The van der Waals surface area contributed by atoms with E-state index in [1.165, 1.54) is 21.1 Å². The maximum absolute atomic E-state index is 12.7. The smallest absolute Gasteiger partial charge is 0.330 e. The van der Waals surface area contributed by atoms with Crippen LogP contribution in [0.5, 0.6) is 11.5 Å². The van der Waals surface area contributed by atoms with Crippen LogP contribution in [0.3, 0.4) is 0 Å². The second kappa shape index (κ2) is 6.20. The number of hydrogen-bond acceptors (Lipinski definition) is 6. The molecule has 3 N–H and O–H groups in total. The molecule has 8 heteroatoms. The van der Waals surface area contributed by atoms with Crippen LogP contribution in [0.25, 0.3) is 10.9 Å². The summed E-state index contributed by atoms with van der Waals surface area (Å²) >= 11 is 0. The van der Waals surface area contributed by atoms with Gasteiger partial charge in [-0.2, -0.15) is 0 Å². The Balaban J connectivity index is 2.80. The van der Waals surface area contributed by atoms with Gasteiger partial charge in [0.1, 0.15) is 11.6 Å². The Labute approximate surface area is 126 Å². The van der Waals surface area contributed by atoms with Gasteiger partial charge in [0, 0.05) is 0 Å². The van der Waals surface area contributed by atoms with Crippen LogP contribution in [0.15, 0.2) is 21.7 Å². The van der Waals surface area contributed by atoms with Crippen molar-refractivity contribution in [2.45, 2.75) is 26.2 Å². The third-order valence-electron chi connectivity index (χ3n) is 3.31. The molecule has 2 rings (SSSR count). The molecule has 0 saturated carbocycles. The lowest BCUT2D eigenvalue weighted by Gasteiger charge is -2.19. The molecule has 2 unspecified atom stereocenters. The Bertz CT molecular complexity index is 793. The maximum Gasteiger partial charge on any atom is 0.330 e. The number of aromatic nitrogens is 2. The second-order valence-electron chi connectivity index (χ2n) is 4.85. The summed E-state index contributed by atoms with van der Waals surface area (Å²) in [5, 5.41) is 12.3. The molecule has 1 aromatic heterocycles. The lowest BCUT2D eigenvalue weighted by atomic mass is 10.2. The molecule has 0 bridgehead atoms. The fourth-order valence-electron chi connectivity index (χ4n) is 2.41. The molecule has 1 aromatic carbocycles. The number of ether oxygens (including phenoxy) is 2. The highest BCUT2D eigenvalue weighted by atomic mass is 16.5. The van der Waals surface area contributed by atoms with Crippen LogP contribution in [-0.4, -0.2) is 35.1 Å². The van der Waals surface area contributed by atoms with Crippen molar-refractivity contribution in [2.75, 3.05) is 14.2 Å². The number of nitrogens with one attached hydrogen (secondary N) is 2. The molecular weight excluding hydrogens is 290 g/mol.